The average molecular weight is 330 g/mol. The number of benzene rings is 1. The Morgan fingerprint density at radius 1 is 1.30 bits per heavy atom. The topological polar surface area (TPSA) is 55.6 Å². The molecular formula is C16H21F3N2O2. The zero-order valence-electron chi connectivity index (χ0n) is 12.8. The Hall–Kier alpha value is -1.76. The van der Waals surface area contributed by atoms with E-state index in [0.717, 1.165) is 19.3 Å². The van der Waals surface area contributed by atoms with E-state index in [-0.39, 0.29) is 30.5 Å². The highest BCUT2D eigenvalue weighted by molar-refractivity contribution is 5.77. The third-order valence-corrected chi connectivity index (χ3v) is 4.03. The molecule has 0 aliphatic carbocycles. The predicted molar refractivity (Wildman–Crippen MR) is 79.9 cm³/mol. The van der Waals surface area contributed by atoms with Gasteiger partial charge < -0.3 is 15.4 Å². The molecule has 1 saturated heterocycles. The van der Waals surface area contributed by atoms with E-state index in [1.165, 1.54) is 12.1 Å². The standard InChI is InChI=1S/C16H21F3N2O2/c17-16(18,19)23-14-7-2-1-5-12(14)8-9-15(22)21-10-4-3-6-13(21)11-20/h1-2,5,7,13H,3-4,6,8-11,20H2/t13-/m0/s1. The molecule has 128 valence electrons. The number of nitrogens with two attached hydrogens (primary N) is 1. The molecule has 1 amide bonds. The first-order valence-electron chi connectivity index (χ1n) is 7.74. The molecule has 1 heterocycles. The number of likely N-dealkylation sites (tertiary alicyclic amines) is 1. The lowest BCUT2D eigenvalue weighted by molar-refractivity contribution is -0.274. The fourth-order valence-corrected chi connectivity index (χ4v) is 2.89. The minimum atomic E-state index is -4.74. The fraction of sp³-hybridized carbons (Fsp3) is 0.562. The molecule has 1 fully saturated rings. The van der Waals surface area contributed by atoms with Crippen molar-refractivity contribution in [2.75, 3.05) is 13.1 Å². The third kappa shape index (κ3) is 5.13. The van der Waals surface area contributed by atoms with E-state index in [1.54, 1.807) is 17.0 Å². The lowest BCUT2D eigenvalue weighted by atomic mass is 10.0. The van der Waals surface area contributed by atoms with Gasteiger partial charge in [-0.3, -0.25) is 4.79 Å². The Kier molecular flexibility index (Phi) is 5.87. The number of carbonyl (C=O) groups excluding carboxylic acids is 1. The molecule has 4 nitrogen and oxygen atoms in total. The number of aryl methyl sites for hydroxylation is 1. The van der Waals surface area contributed by atoms with E-state index in [9.17, 15) is 18.0 Å². The molecule has 7 heteroatoms. The second-order valence-corrected chi connectivity index (χ2v) is 5.63. The van der Waals surface area contributed by atoms with Crippen LogP contribution in [0.25, 0.3) is 0 Å². The van der Waals surface area contributed by atoms with Gasteiger partial charge in [0.25, 0.3) is 0 Å². The van der Waals surface area contributed by atoms with Gasteiger partial charge in [-0.2, -0.15) is 0 Å². The lowest BCUT2D eigenvalue weighted by Crippen LogP contribution is -2.47. The van der Waals surface area contributed by atoms with Gasteiger partial charge >= 0.3 is 6.36 Å². The van der Waals surface area contributed by atoms with Gasteiger partial charge in [-0.1, -0.05) is 18.2 Å². The van der Waals surface area contributed by atoms with E-state index < -0.39 is 6.36 Å². The molecule has 1 atom stereocenters. The van der Waals surface area contributed by atoms with Crippen LogP contribution in [0.15, 0.2) is 24.3 Å². The normalized spacial score (nSPS) is 18.8. The number of para-hydroxylation sites is 1. The van der Waals surface area contributed by atoms with Crippen molar-refractivity contribution in [3.05, 3.63) is 29.8 Å². The molecule has 0 spiro atoms. The number of amides is 1. The van der Waals surface area contributed by atoms with Crippen LogP contribution in [-0.4, -0.2) is 36.3 Å². The summed E-state index contributed by atoms with van der Waals surface area (Å²) in [5.74, 6) is -0.316. The number of ether oxygens (including phenoxy) is 1. The van der Waals surface area contributed by atoms with Crippen LogP contribution in [0.4, 0.5) is 13.2 Å². The van der Waals surface area contributed by atoms with E-state index in [0.29, 0.717) is 18.7 Å². The molecule has 1 aromatic carbocycles. The largest absolute Gasteiger partial charge is 0.573 e. The van der Waals surface area contributed by atoms with Gasteiger partial charge in [0.15, 0.2) is 0 Å². The summed E-state index contributed by atoms with van der Waals surface area (Å²) in [6.45, 7) is 1.08. The number of halogens is 3. The Balaban J connectivity index is 1.99. The van der Waals surface area contributed by atoms with Crippen LogP contribution in [-0.2, 0) is 11.2 Å². The number of piperidine rings is 1. The van der Waals surface area contributed by atoms with Crippen LogP contribution in [0.2, 0.25) is 0 Å². The molecule has 23 heavy (non-hydrogen) atoms. The number of hydrogen-bond donors (Lipinski definition) is 1. The van der Waals surface area contributed by atoms with Crippen LogP contribution in [0.3, 0.4) is 0 Å². The predicted octanol–water partition coefficient (Wildman–Crippen LogP) is 2.86. The van der Waals surface area contributed by atoms with E-state index in [2.05, 4.69) is 4.74 Å². The number of alkyl halides is 3. The van der Waals surface area contributed by atoms with Gasteiger partial charge in [-0.25, -0.2) is 0 Å². The van der Waals surface area contributed by atoms with Crippen LogP contribution >= 0.6 is 0 Å². The van der Waals surface area contributed by atoms with Gasteiger partial charge in [0, 0.05) is 25.6 Å². The van der Waals surface area contributed by atoms with Crippen molar-refractivity contribution in [1.29, 1.82) is 0 Å². The maximum Gasteiger partial charge on any atom is 0.573 e. The second kappa shape index (κ2) is 7.68. The Labute approximate surface area is 133 Å². The molecule has 1 aromatic rings. The summed E-state index contributed by atoms with van der Waals surface area (Å²) in [6, 6.07) is 5.95. The van der Waals surface area contributed by atoms with Crippen molar-refractivity contribution in [1.82, 2.24) is 4.90 Å². The summed E-state index contributed by atoms with van der Waals surface area (Å²) >= 11 is 0. The summed E-state index contributed by atoms with van der Waals surface area (Å²) in [5, 5.41) is 0. The molecule has 0 saturated carbocycles. The smallest absolute Gasteiger partial charge is 0.406 e. The molecule has 0 aromatic heterocycles. The number of rotatable bonds is 5. The third-order valence-electron chi connectivity index (χ3n) is 4.03. The number of hydrogen-bond acceptors (Lipinski definition) is 3. The molecule has 2 N–H and O–H groups in total. The maximum atomic E-state index is 12.4. The van der Waals surface area contributed by atoms with Gasteiger partial charge in [0.05, 0.1) is 0 Å². The average Bonchev–Trinajstić information content (AvgIpc) is 2.52. The van der Waals surface area contributed by atoms with E-state index >= 15 is 0 Å². The lowest BCUT2D eigenvalue weighted by Gasteiger charge is -2.35. The highest BCUT2D eigenvalue weighted by Gasteiger charge is 2.32. The zero-order valence-corrected chi connectivity index (χ0v) is 12.8. The van der Waals surface area contributed by atoms with Crippen LogP contribution in [0, 0.1) is 0 Å². The first-order chi connectivity index (χ1) is 10.9. The van der Waals surface area contributed by atoms with Gasteiger partial charge in [-0.15, -0.1) is 13.2 Å². The van der Waals surface area contributed by atoms with Gasteiger partial charge in [-0.05, 0) is 37.3 Å². The van der Waals surface area contributed by atoms with Crippen molar-refractivity contribution in [2.24, 2.45) is 5.73 Å². The Bertz CT molecular complexity index is 534. The van der Waals surface area contributed by atoms with Crippen molar-refractivity contribution in [3.8, 4) is 5.75 Å². The van der Waals surface area contributed by atoms with Crippen molar-refractivity contribution >= 4 is 5.91 Å². The summed E-state index contributed by atoms with van der Waals surface area (Å²) < 4.78 is 41.2. The van der Waals surface area contributed by atoms with Crippen LogP contribution in [0.1, 0.15) is 31.2 Å². The molecule has 0 bridgehead atoms. The van der Waals surface area contributed by atoms with E-state index in [4.69, 9.17) is 5.73 Å². The summed E-state index contributed by atoms with van der Waals surface area (Å²) in [7, 11) is 0. The molecule has 1 aliphatic rings. The molecule has 1 aliphatic heterocycles. The summed E-state index contributed by atoms with van der Waals surface area (Å²) in [6.07, 6.45) is -1.51. The minimum absolute atomic E-state index is 0.0397. The fourth-order valence-electron chi connectivity index (χ4n) is 2.89. The molecule has 0 unspecified atom stereocenters. The zero-order chi connectivity index (χ0) is 16.9. The van der Waals surface area contributed by atoms with E-state index in [1.807, 2.05) is 0 Å². The molecule has 0 radical (unpaired) electrons. The maximum absolute atomic E-state index is 12.4. The monoisotopic (exact) mass is 330 g/mol. The van der Waals surface area contributed by atoms with Crippen molar-refractivity contribution < 1.29 is 22.7 Å². The SMILES string of the molecule is NC[C@@H]1CCCCN1C(=O)CCc1ccccc1OC(F)(F)F. The number of nitrogens with zero attached hydrogens (tertiary/aromatic N) is 1. The number of carbonyl (C=O) groups is 1. The van der Waals surface area contributed by atoms with Crippen LogP contribution in [0.5, 0.6) is 5.75 Å². The Morgan fingerprint density at radius 2 is 2.04 bits per heavy atom. The summed E-state index contributed by atoms with van der Waals surface area (Å²) in [4.78, 5) is 14.1. The Morgan fingerprint density at radius 3 is 2.74 bits per heavy atom. The first-order valence-corrected chi connectivity index (χ1v) is 7.74. The van der Waals surface area contributed by atoms with Gasteiger partial charge in [0.2, 0.25) is 5.91 Å². The highest BCUT2D eigenvalue weighted by atomic mass is 19.4. The molecule has 2 rings (SSSR count). The molecular weight excluding hydrogens is 309 g/mol. The van der Waals surface area contributed by atoms with Crippen molar-refractivity contribution in [3.63, 3.8) is 0 Å². The first kappa shape index (κ1) is 17.6. The minimum Gasteiger partial charge on any atom is -0.406 e. The van der Waals surface area contributed by atoms with Crippen LogP contribution < -0.4 is 10.5 Å². The highest BCUT2D eigenvalue weighted by Crippen LogP contribution is 2.27. The quantitative estimate of drug-likeness (QED) is 0.903. The summed E-state index contributed by atoms with van der Waals surface area (Å²) in [5.41, 5.74) is 6.07. The second-order valence-electron chi connectivity index (χ2n) is 5.63. The van der Waals surface area contributed by atoms with Crippen molar-refractivity contribution in [2.45, 2.75) is 44.5 Å². The van der Waals surface area contributed by atoms with Gasteiger partial charge in [0.1, 0.15) is 5.75 Å².